The van der Waals surface area contributed by atoms with Crippen molar-refractivity contribution in [3.8, 4) is 6.07 Å². The first-order valence-electron chi connectivity index (χ1n) is 6.21. The van der Waals surface area contributed by atoms with Crippen molar-refractivity contribution in [1.29, 1.82) is 5.26 Å². The molecular formula is C15H14N2O. The molecule has 2 aliphatic rings. The van der Waals surface area contributed by atoms with Gasteiger partial charge in [0.1, 0.15) is 0 Å². The highest BCUT2D eigenvalue weighted by atomic mass is 16.1. The van der Waals surface area contributed by atoms with Crippen LogP contribution >= 0.6 is 0 Å². The van der Waals surface area contributed by atoms with Crippen LogP contribution in [0.3, 0.4) is 0 Å². The van der Waals surface area contributed by atoms with E-state index in [-0.39, 0.29) is 23.8 Å². The topological polar surface area (TPSA) is 44.1 Å². The third-order valence-electron chi connectivity index (χ3n) is 3.83. The van der Waals surface area contributed by atoms with Crippen molar-refractivity contribution < 1.29 is 4.79 Å². The highest BCUT2D eigenvalue weighted by Gasteiger charge is 2.45. The molecule has 1 saturated heterocycles. The van der Waals surface area contributed by atoms with E-state index < -0.39 is 0 Å². The summed E-state index contributed by atoms with van der Waals surface area (Å²) in [5, 5.41) is 9.16. The molecule has 18 heavy (non-hydrogen) atoms. The van der Waals surface area contributed by atoms with Crippen LogP contribution in [0.25, 0.3) is 0 Å². The third kappa shape index (κ3) is 1.75. The van der Waals surface area contributed by atoms with Crippen LogP contribution in [-0.2, 0) is 11.3 Å². The average Bonchev–Trinajstić information content (AvgIpc) is 2.65. The van der Waals surface area contributed by atoms with Crippen LogP contribution in [0.15, 0.2) is 42.5 Å². The fraction of sp³-hybridized carbons (Fsp3) is 0.333. The molecule has 90 valence electrons. The van der Waals surface area contributed by atoms with Crippen LogP contribution in [-0.4, -0.2) is 22.8 Å². The van der Waals surface area contributed by atoms with Gasteiger partial charge in [0.05, 0.1) is 18.0 Å². The van der Waals surface area contributed by atoms with Crippen LogP contribution in [0.4, 0.5) is 0 Å². The first kappa shape index (κ1) is 11.2. The van der Waals surface area contributed by atoms with E-state index in [0.717, 1.165) is 6.54 Å². The number of ketones is 1. The van der Waals surface area contributed by atoms with Gasteiger partial charge in [0.15, 0.2) is 5.78 Å². The summed E-state index contributed by atoms with van der Waals surface area (Å²) in [6.07, 6.45) is 4.21. The summed E-state index contributed by atoms with van der Waals surface area (Å²) >= 11 is 0. The summed E-state index contributed by atoms with van der Waals surface area (Å²) in [6.45, 7) is 0.741. The molecule has 0 aliphatic carbocycles. The minimum absolute atomic E-state index is 0.0542. The first-order valence-corrected chi connectivity index (χ1v) is 6.21. The summed E-state index contributed by atoms with van der Waals surface area (Å²) in [5.41, 5.74) is 1.19. The van der Waals surface area contributed by atoms with Crippen LogP contribution in [0, 0.1) is 17.2 Å². The van der Waals surface area contributed by atoms with Crippen LogP contribution in [0.1, 0.15) is 12.0 Å². The molecule has 0 aromatic heterocycles. The average molecular weight is 238 g/mol. The summed E-state index contributed by atoms with van der Waals surface area (Å²) in [7, 11) is 0. The van der Waals surface area contributed by atoms with Crippen molar-refractivity contribution in [2.24, 2.45) is 5.92 Å². The molecule has 2 heterocycles. The van der Waals surface area contributed by atoms with Gasteiger partial charge in [-0.25, -0.2) is 0 Å². The van der Waals surface area contributed by atoms with E-state index in [0.29, 0.717) is 6.42 Å². The van der Waals surface area contributed by atoms with Crippen molar-refractivity contribution in [3.05, 3.63) is 48.0 Å². The molecule has 0 radical (unpaired) electrons. The van der Waals surface area contributed by atoms with E-state index >= 15 is 0 Å². The Morgan fingerprint density at radius 1 is 1.33 bits per heavy atom. The molecular weight excluding hydrogens is 224 g/mol. The number of hydrogen-bond donors (Lipinski definition) is 0. The Labute approximate surface area is 106 Å². The molecule has 2 bridgehead atoms. The van der Waals surface area contributed by atoms with Gasteiger partial charge < -0.3 is 0 Å². The molecule has 0 spiro atoms. The summed E-state index contributed by atoms with van der Waals surface area (Å²) < 4.78 is 0. The number of benzene rings is 1. The second-order valence-electron chi connectivity index (χ2n) is 4.90. The predicted molar refractivity (Wildman–Crippen MR) is 67.4 cm³/mol. The second-order valence-corrected chi connectivity index (χ2v) is 4.90. The number of nitrogens with zero attached hydrogens (tertiary/aromatic N) is 2. The molecule has 0 amide bonds. The Morgan fingerprint density at radius 3 is 2.83 bits per heavy atom. The number of fused-ring (bicyclic) bond motifs is 2. The van der Waals surface area contributed by atoms with Crippen LogP contribution < -0.4 is 0 Å². The Hall–Kier alpha value is -1.92. The Kier molecular flexibility index (Phi) is 2.73. The smallest absolute Gasteiger partial charge is 0.172 e. The normalized spacial score (nSPS) is 30.4. The SMILES string of the molecule is N#C[C@@H]1C[C@H]2C(=O)C=C[C@@H]1N2Cc1ccccc1. The standard InChI is InChI=1S/C15H14N2O/c16-9-12-8-14-15(18)7-6-13(12)17(14)10-11-4-2-1-3-5-11/h1-7,12-14H,8,10H2/t12-,13-,14-/m0/s1. The molecule has 0 N–H and O–H groups in total. The van der Waals surface area contributed by atoms with Gasteiger partial charge in [0, 0.05) is 12.6 Å². The molecule has 1 aromatic rings. The van der Waals surface area contributed by atoms with Gasteiger partial charge in [-0.15, -0.1) is 0 Å². The second kappa shape index (κ2) is 4.40. The number of carbonyl (C=O) groups excluding carboxylic acids is 1. The molecule has 3 atom stereocenters. The maximum Gasteiger partial charge on any atom is 0.172 e. The maximum atomic E-state index is 11.9. The molecule has 2 aliphatic heterocycles. The lowest BCUT2D eigenvalue weighted by molar-refractivity contribution is -0.119. The minimum Gasteiger partial charge on any atom is -0.293 e. The summed E-state index contributed by atoms with van der Waals surface area (Å²) in [4.78, 5) is 14.0. The van der Waals surface area contributed by atoms with Crippen molar-refractivity contribution in [2.45, 2.75) is 25.0 Å². The Bertz CT molecular complexity index is 529. The quantitative estimate of drug-likeness (QED) is 0.790. The molecule has 3 heteroatoms. The highest BCUT2D eigenvalue weighted by molar-refractivity contribution is 5.96. The fourth-order valence-corrected chi connectivity index (χ4v) is 2.92. The van der Waals surface area contributed by atoms with Gasteiger partial charge >= 0.3 is 0 Å². The van der Waals surface area contributed by atoms with E-state index in [1.165, 1.54) is 5.56 Å². The predicted octanol–water partition coefficient (Wildman–Crippen LogP) is 1.91. The third-order valence-corrected chi connectivity index (χ3v) is 3.83. The van der Waals surface area contributed by atoms with Crippen LogP contribution in [0.5, 0.6) is 0 Å². The minimum atomic E-state index is -0.107. The molecule has 0 saturated carbocycles. The monoisotopic (exact) mass is 238 g/mol. The molecule has 0 unspecified atom stereocenters. The fourth-order valence-electron chi connectivity index (χ4n) is 2.92. The highest BCUT2D eigenvalue weighted by Crippen LogP contribution is 2.35. The van der Waals surface area contributed by atoms with Crippen molar-refractivity contribution in [1.82, 2.24) is 4.90 Å². The van der Waals surface area contributed by atoms with Gasteiger partial charge in [0.2, 0.25) is 0 Å². The molecule has 1 aromatic carbocycles. The number of nitriles is 1. The van der Waals surface area contributed by atoms with Gasteiger partial charge in [0.25, 0.3) is 0 Å². The number of carbonyl (C=O) groups is 1. The zero-order chi connectivity index (χ0) is 12.5. The van der Waals surface area contributed by atoms with Gasteiger partial charge in [-0.2, -0.15) is 5.26 Å². The maximum absolute atomic E-state index is 11.9. The lowest BCUT2D eigenvalue weighted by Crippen LogP contribution is -2.42. The Balaban J connectivity index is 1.87. The Morgan fingerprint density at radius 2 is 2.11 bits per heavy atom. The molecule has 1 fully saturated rings. The van der Waals surface area contributed by atoms with Gasteiger partial charge in [-0.05, 0) is 18.1 Å². The van der Waals surface area contributed by atoms with Gasteiger partial charge in [-0.1, -0.05) is 36.4 Å². The van der Waals surface area contributed by atoms with E-state index in [9.17, 15) is 4.79 Å². The van der Waals surface area contributed by atoms with Crippen LogP contribution in [0.2, 0.25) is 0 Å². The van der Waals surface area contributed by atoms with Crippen molar-refractivity contribution in [3.63, 3.8) is 0 Å². The van der Waals surface area contributed by atoms with E-state index in [1.54, 1.807) is 6.08 Å². The lowest BCUT2D eigenvalue weighted by atomic mass is 10.0. The first-order chi connectivity index (χ1) is 8.79. The summed E-state index contributed by atoms with van der Waals surface area (Å²) in [5.74, 6) is 0.0846. The van der Waals surface area contributed by atoms with Crippen molar-refractivity contribution in [2.75, 3.05) is 0 Å². The van der Waals surface area contributed by atoms with E-state index in [1.807, 2.05) is 24.3 Å². The van der Waals surface area contributed by atoms with E-state index in [4.69, 9.17) is 5.26 Å². The largest absolute Gasteiger partial charge is 0.293 e. The zero-order valence-corrected chi connectivity index (χ0v) is 9.99. The van der Waals surface area contributed by atoms with Crippen molar-refractivity contribution >= 4 is 5.78 Å². The number of hydrogen-bond acceptors (Lipinski definition) is 3. The molecule has 3 rings (SSSR count). The van der Waals surface area contributed by atoms with Gasteiger partial charge in [-0.3, -0.25) is 9.69 Å². The summed E-state index contributed by atoms with van der Waals surface area (Å²) in [6, 6.07) is 12.4. The number of rotatable bonds is 2. The molecule has 3 nitrogen and oxygen atoms in total. The lowest BCUT2D eigenvalue weighted by Gasteiger charge is -2.30. The van der Waals surface area contributed by atoms with E-state index in [2.05, 4.69) is 23.1 Å². The zero-order valence-electron chi connectivity index (χ0n) is 9.99.